The molecule has 26 heavy (non-hydrogen) atoms. The standard InChI is InChI=1S/C19H20Cl2N2O3/c1-25-17-7-11(6-15(21)19(17)26-10-18(22)24)9-23-16-5-2-12-8-13(20)3-4-14(12)16/h3-4,6-8,16,23H,2,5,9-10H2,1H3,(H2,22,24). The third-order valence-electron chi connectivity index (χ3n) is 4.38. The van der Waals surface area contributed by atoms with Crippen molar-refractivity contribution in [1.29, 1.82) is 0 Å². The predicted molar refractivity (Wildman–Crippen MR) is 102 cm³/mol. The number of methoxy groups -OCH3 is 1. The van der Waals surface area contributed by atoms with E-state index in [9.17, 15) is 4.79 Å². The number of hydrogen-bond acceptors (Lipinski definition) is 4. The fraction of sp³-hybridized carbons (Fsp3) is 0.316. The molecule has 0 saturated heterocycles. The van der Waals surface area contributed by atoms with Crippen molar-refractivity contribution in [3.05, 3.63) is 57.1 Å². The zero-order valence-corrected chi connectivity index (χ0v) is 15.9. The number of hydrogen-bond donors (Lipinski definition) is 2. The second-order valence-electron chi connectivity index (χ2n) is 6.18. The number of carbonyl (C=O) groups is 1. The molecule has 2 aromatic carbocycles. The van der Waals surface area contributed by atoms with E-state index in [1.165, 1.54) is 18.2 Å². The molecule has 0 saturated carbocycles. The monoisotopic (exact) mass is 394 g/mol. The van der Waals surface area contributed by atoms with Crippen molar-refractivity contribution in [3.8, 4) is 11.5 Å². The molecule has 7 heteroatoms. The van der Waals surface area contributed by atoms with Crippen molar-refractivity contribution < 1.29 is 14.3 Å². The van der Waals surface area contributed by atoms with Gasteiger partial charge in [-0.3, -0.25) is 4.79 Å². The summed E-state index contributed by atoms with van der Waals surface area (Å²) >= 11 is 12.4. The first-order chi connectivity index (χ1) is 12.5. The Morgan fingerprint density at radius 2 is 2.12 bits per heavy atom. The Balaban J connectivity index is 1.71. The molecular formula is C19H20Cl2N2O3. The molecule has 0 aromatic heterocycles. The van der Waals surface area contributed by atoms with E-state index in [2.05, 4.69) is 11.4 Å². The lowest BCUT2D eigenvalue weighted by molar-refractivity contribution is -0.119. The van der Waals surface area contributed by atoms with Gasteiger partial charge in [-0.15, -0.1) is 0 Å². The molecule has 0 spiro atoms. The summed E-state index contributed by atoms with van der Waals surface area (Å²) in [4.78, 5) is 10.9. The number of nitrogens with one attached hydrogen (secondary N) is 1. The average Bonchev–Trinajstić information content (AvgIpc) is 3.00. The van der Waals surface area contributed by atoms with Crippen molar-refractivity contribution in [2.24, 2.45) is 5.73 Å². The number of primary amides is 1. The zero-order valence-electron chi connectivity index (χ0n) is 14.4. The summed E-state index contributed by atoms with van der Waals surface area (Å²) in [5.41, 5.74) is 8.65. The molecule has 1 amide bonds. The Bertz CT molecular complexity index is 827. The summed E-state index contributed by atoms with van der Waals surface area (Å²) in [6, 6.07) is 9.95. The highest BCUT2D eigenvalue weighted by Gasteiger charge is 2.22. The maximum absolute atomic E-state index is 10.9. The third-order valence-corrected chi connectivity index (χ3v) is 4.90. The molecule has 138 valence electrons. The molecular weight excluding hydrogens is 375 g/mol. The topological polar surface area (TPSA) is 73.6 Å². The molecule has 0 fully saturated rings. The quantitative estimate of drug-likeness (QED) is 0.751. The first-order valence-corrected chi connectivity index (χ1v) is 9.02. The number of ether oxygens (including phenoxy) is 2. The third kappa shape index (κ3) is 4.23. The number of benzene rings is 2. The number of halogens is 2. The van der Waals surface area contributed by atoms with Crippen LogP contribution in [0.15, 0.2) is 30.3 Å². The molecule has 0 aliphatic heterocycles. The van der Waals surface area contributed by atoms with E-state index in [0.717, 1.165) is 23.4 Å². The lowest BCUT2D eigenvalue weighted by Crippen LogP contribution is -2.20. The molecule has 2 aromatic rings. The van der Waals surface area contributed by atoms with Gasteiger partial charge in [-0.1, -0.05) is 29.3 Å². The SMILES string of the molecule is COc1cc(CNC2CCc3cc(Cl)ccc32)cc(Cl)c1OCC(N)=O. The zero-order chi connectivity index (χ0) is 18.7. The minimum Gasteiger partial charge on any atom is -0.493 e. The summed E-state index contributed by atoms with van der Waals surface area (Å²) in [6.45, 7) is 0.369. The summed E-state index contributed by atoms with van der Waals surface area (Å²) in [6.07, 6.45) is 2.04. The molecule has 3 rings (SSSR count). The van der Waals surface area contributed by atoms with Gasteiger partial charge in [0.05, 0.1) is 12.1 Å². The molecule has 3 N–H and O–H groups in total. The second kappa shape index (κ2) is 8.16. The minimum atomic E-state index is -0.575. The van der Waals surface area contributed by atoms with E-state index in [1.54, 1.807) is 6.07 Å². The van der Waals surface area contributed by atoms with Gasteiger partial charge in [0.2, 0.25) is 0 Å². The van der Waals surface area contributed by atoms with Crippen LogP contribution in [0.1, 0.15) is 29.2 Å². The summed E-state index contributed by atoms with van der Waals surface area (Å²) in [5, 5.41) is 4.70. The van der Waals surface area contributed by atoms with Crippen LogP contribution in [0.3, 0.4) is 0 Å². The molecule has 0 radical (unpaired) electrons. The van der Waals surface area contributed by atoms with E-state index >= 15 is 0 Å². The van der Waals surface area contributed by atoms with Crippen LogP contribution in [-0.4, -0.2) is 19.6 Å². The lowest BCUT2D eigenvalue weighted by Gasteiger charge is -2.17. The molecule has 0 heterocycles. The number of carbonyl (C=O) groups excluding carboxylic acids is 1. The summed E-state index contributed by atoms with van der Waals surface area (Å²) in [5.74, 6) is 0.209. The maximum atomic E-state index is 10.9. The molecule has 1 aliphatic rings. The smallest absolute Gasteiger partial charge is 0.255 e. The largest absolute Gasteiger partial charge is 0.493 e. The Morgan fingerprint density at radius 3 is 2.85 bits per heavy atom. The molecule has 1 aliphatic carbocycles. The molecule has 0 bridgehead atoms. The van der Waals surface area contributed by atoms with Crippen LogP contribution in [0.2, 0.25) is 10.0 Å². The van der Waals surface area contributed by atoms with Crippen LogP contribution in [0.5, 0.6) is 11.5 Å². The van der Waals surface area contributed by atoms with Crippen molar-refractivity contribution >= 4 is 29.1 Å². The van der Waals surface area contributed by atoms with Crippen LogP contribution in [-0.2, 0) is 17.8 Å². The Morgan fingerprint density at radius 1 is 1.31 bits per heavy atom. The van der Waals surface area contributed by atoms with E-state index in [1.807, 2.05) is 18.2 Å². The number of fused-ring (bicyclic) bond motifs is 1. The normalized spacial score (nSPS) is 15.6. The Labute approximate surface area is 162 Å². The maximum Gasteiger partial charge on any atom is 0.255 e. The van der Waals surface area contributed by atoms with Gasteiger partial charge in [0.1, 0.15) is 0 Å². The Kier molecular flexibility index (Phi) is 5.91. The number of nitrogens with two attached hydrogens (primary N) is 1. The van der Waals surface area contributed by atoms with Gasteiger partial charge in [0.15, 0.2) is 18.1 Å². The fourth-order valence-electron chi connectivity index (χ4n) is 3.20. The average molecular weight is 395 g/mol. The molecule has 5 nitrogen and oxygen atoms in total. The van der Waals surface area contributed by atoms with Crippen LogP contribution in [0.25, 0.3) is 0 Å². The van der Waals surface area contributed by atoms with Gasteiger partial charge in [0, 0.05) is 17.6 Å². The van der Waals surface area contributed by atoms with Crippen LogP contribution in [0, 0.1) is 0 Å². The van der Waals surface area contributed by atoms with Gasteiger partial charge in [-0.2, -0.15) is 0 Å². The van der Waals surface area contributed by atoms with E-state index in [0.29, 0.717) is 23.1 Å². The van der Waals surface area contributed by atoms with Gasteiger partial charge >= 0.3 is 0 Å². The van der Waals surface area contributed by atoms with Crippen LogP contribution < -0.4 is 20.5 Å². The van der Waals surface area contributed by atoms with Crippen molar-refractivity contribution in [2.75, 3.05) is 13.7 Å². The number of aryl methyl sites for hydroxylation is 1. The molecule has 1 unspecified atom stereocenters. The Hall–Kier alpha value is -1.95. The van der Waals surface area contributed by atoms with E-state index in [-0.39, 0.29) is 12.6 Å². The first kappa shape index (κ1) is 18.8. The van der Waals surface area contributed by atoms with Gasteiger partial charge in [-0.05, 0) is 53.8 Å². The van der Waals surface area contributed by atoms with Crippen LogP contribution >= 0.6 is 23.2 Å². The molecule has 1 atom stereocenters. The highest BCUT2D eigenvalue weighted by atomic mass is 35.5. The minimum absolute atomic E-state index is 0.255. The highest BCUT2D eigenvalue weighted by molar-refractivity contribution is 6.32. The van der Waals surface area contributed by atoms with Gasteiger partial charge in [-0.25, -0.2) is 0 Å². The second-order valence-corrected chi connectivity index (χ2v) is 7.02. The van der Waals surface area contributed by atoms with E-state index < -0.39 is 5.91 Å². The van der Waals surface area contributed by atoms with Gasteiger partial charge < -0.3 is 20.5 Å². The van der Waals surface area contributed by atoms with Crippen molar-refractivity contribution in [2.45, 2.75) is 25.4 Å². The first-order valence-electron chi connectivity index (χ1n) is 8.27. The van der Waals surface area contributed by atoms with E-state index in [4.69, 9.17) is 38.4 Å². The fourth-order valence-corrected chi connectivity index (χ4v) is 3.68. The lowest BCUT2D eigenvalue weighted by atomic mass is 10.1. The van der Waals surface area contributed by atoms with Crippen LogP contribution in [0.4, 0.5) is 0 Å². The predicted octanol–water partition coefficient (Wildman–Crippen LogP) is 3.64. The van der Waals surface area contributed by atoms with Crippen molar-refractivity contribution in [1.82, 2.24) is 5.32 Å². The number of rotatable bonds is 7. The number of amides is 1. The van der Waals surface area contributed by atoms with Gasteiger partial charge in [0.25, 0.3) is 5.91 Å². The highest BCUT2D eigenvalue weighted by Crippen LogP contribution is 2.37. The summed E-state index contributed by atoms with van der Waals surface area (Å²) in [7, 11) is 1.52. The summed E-state index contributed by atoms with van der Waals surface area (Å²) < 4.78 is 10.7. The van der Waals surface area contributed by atoms with Crippen molar-refractivity contribution in [3.63, 3.8) is 0 Å².